The van der Waals surface area contributed by atoms with E-state index in [1.807, 2.05) is 0 Å². The van der Waals surface area contributed by atoms with E-state index in [4.69, 9.17) is 29.0 Å². The van der Waals surface area contributed by atoms with Crippen molar-refractivity contribution in [2.45, 2.75) is 0 Å². The first-order valence-corrected chi connectivity index (χ1v) is 8.25. The molecular weight excluding hydrogens is 288 g/mol. The highest BCUT2D eigenvalue weighted by Gasteiger charge is 1.89. The number of ether oxygens (including phenoxy) is 3. The van der Waals surface area contributed by atoms with Crippen LogP contribution >= 0.6 is 0 Å². The summed E-state index contributed by atoms with van der Waals surface area (Å²) in [5.74, 6) is 0. The minimum Gasteiger partial charge on any atom is -0.394 e. The van der Waals surface area contributed by atoms with Gasteiger partial charge in [0.05, 0.1) is 52.9 Å². The molecular formula is C8H20O6S3. The van der Waals surface area contributed by atoms with Crippen LogP contribution in [0.2, 0.25) is 0 Å². The highest BCUT2D eigenvalue weighted by atomic mass is 33.1. The van der Waals surface area contributed by atoms with E-state index < -0.39 is 8.29 Å². The van der Waals surface area contributed by atoms with E-state index >= 15 is 0 Å². The van der Waals surface area contributed by atoms with Crippen LogP contribution < -0.4 is 0 Å². The summed E-state index contributed by atoms with van der Waals surface area (Å²) in [6, 6.07) is 0. The van der Waals surface area contributed by atoms with Gasteiger partial charge in [-0.2, -0.15) is 0 Å². The van der Waals surface area contributed by atoms with Crippen molar-refractivity contribution in [1.29, 1.82) is 0 Å². The van der Waals surface area contributed by atoms with Crippen molar-refractivity contribution in [3.63, 3.8) is 0 Å². The zero-order chi connectivity index (χ0) is 13.4. The molecule has 0 aromatic heterocycles. The summed E-state index contributed by atoms with van der Waals surface area (Å²) in [5.41, 5.74) is 0. The molecule has 6 nitrogen and oxygen atoms in total. The molecule has 0 aliphatic rings. The van der Waals surface area contributed by atoms with E-state index in [0.29, 0.717) is 39.6 Å². The van der Waals surface area contributed by atoms with Gasteiger partial charge in [0.1, 0.15) is 0 Å². The van der Waals surface area contributed by atoms with Gasteiger partial charge < -0.3 is 29.0 Å². The molecule has 0 heterocycles. The monoisotopic (exact) mass is 308 g/mol. The van der Waals surface area contributed by atoms with Gasteiger partial charge in [0.2, 0.25) is 0 Å². The standard InChI is InChI=1S/C8H18O5.H2OS3/c9-1-3-11-5-7-13-8-6-12-4-2-10;1-4(2)3/h9-10H,1-8H2;4H,(H,1,2,3). The Kier molecular flexibility index (Phi) is 22.1. The van der Waals surface area contributed by atoms with Crippen LogP contribution in [-0.2, 0) is 44.9 Å². The summed E-state index contributed by atoms with van der Waals surface area (Å²) in [7, 11) is -1.45. The summed E-state index contributed by atoms with van der Waals surface area (Å²) in [4.78, 5) is 0. The van der Waals surface area contributed by atoms with Crippen LogP contribution in [-0.4, -0.2) is 67.6 Å². The Morgan fingerprint density at radius 3 is 1.18 bits per heavy atom. The second kappa shape index (κ2) is 18.9. The average molecular weight is 308 g/mol. The normalized spacial score (nSPS) is 10.1. The molecule has 0 aromatic rings. The van der Waals surface area contributed by atoms with Crippen LogP contribution in [0.5, 0.6) is 0 Å². The van der Waals surface area contributed by atoms with Gasteiger partial charge in [-0.1, -0.05) is 0 Å². The van der Waals surface area contributed by atoms with Crippen LogP contribution in [0, 0.1) is 0 Å². The first kappa shape index (κ1) is 19.9. The molecule has 0 amide bonds. The van der Waals surface area contributed by atoms with Crippen molar-refractivity contribution in [3.05, 3.63) is 0 Å². The molecule has 0 bridgehead atoms. The molecule has 0 unspecified atom stereocenters. The van der Waals surface area contributed by atoms with Crippen molar-refractivity contribution in [3.8, 4) is 0 Å². The Bertz CT molecular complexity index is 182. The first-order chi connectivity index (χ1) is 8.15. The van der Waals surface area contributed by atoms with Crippen molar-refractivity contribution >= 4 is 30.7 Å². The largest absolute Gasteiger partial charge is 0.394 e. The smallest absolute Gasteiger partial charge is 0.0701 e. The predicted molar refractivity (Wildman–Crippen MR) is 72.7 cm³/mol. The zero-order valence-corrected chi connectivity index (χ0v) is 12.0. The summed E-state index contributed by atoms with van der Waals surface area (Å²) >= 11 is 8.11. The third-order valence-corrected chi connectivity index (χ3v) is 1.22. The minimum absolute atomic E-state index is 0.0413. The third kappa shape index (κ3) is 31.5. The lowest BCUT2D eigenvalue weighted by molar-refractivity contribution is 0.00230. The molecule has 0 fully saturated rings. The van der Waals surface area contributed by atoms with E-state index in [0.717, 1.165) is 0 Å². The fourth-order valence-corrected chi connectivity index (χ4v) is 0.671. The molecule has 0 saturated carbocycles. The fraction of sp³-hybridized carbons (Fsp3) is 1.00. The Labute approximate surface area is 113 Å². The molecule has 0 saturated heterocycles. The molecule has 0 rings (SSSR count). The number of rotatable bonds is 10. The zero-order valence-electron chi connectivity index (χ0n) is 9.49. The molecule has 0 aromatic carbocycles. The Morgan fingerprint density at radius 2 is 0.941 bits per heavy atom. The van der Waals surface area contributed by atoms with Crippen LogP contribution in [0.3, 0.4) is 0 Å². The van der Waals surface area contributed by atoms with Gasteiger partial charge in [-0.25, -0.2) is 0 Å². The molecule has 3 N–H and O–H groups in total. The lowest BCUT2D eigenvalue weighted by Crippen LogP contribution is -2.11. The van der Waals surface area contributed by atoms with Gasteiger partial charge in [0.25, 0.3) is 0 Å². The van der Waals surface area contributed by atoms with Gasteiger partial charge in [-0.3, -0.25) is 0 Å². The van der Waals surface area contributed by atoms with E-state index in [-0.39, 0.29) is 13.2 Å². The molecule has 0 spiro atoms. The highest BCUT2D eigenvalue weighted by Crippen LogP contribution is 1.80. The van der Waals surface area contributed by atoms with E-state index in [9.17, 15) is 0 Å². The summed E-state index contributed by atoms with van der Waals surface area (Å²) in [6.07, 6.45) is 0. The van der Waals surface area contributed by atoms with Crippen LogP contribution in [0.4, 0.5) is 0 Å². The maximum atomic E-state index is 8.36. The summed E-state index contributed by atoms with van der Waals surface area (Å²) < 4.78 is 22.8. The number of hydrogen-bond donors (Lipinski definition) is 4. The van der Waals surface area contributed by atoms with Gasteiger partial charge in [-0.05, 0) is 22.4 Å². The van der Waals surface area contributed by atoms with E-state index in [2.05, 4.69) is 22.4 Å². The lowest BCUT2D eigenvalue weighted by Gasteiger charge is -2.04. The van der Waals surface area contributed by atoms with E-state index in [1.54, 1.807) is 0 Å². The predicted octanol–water partition coefficient (Wildman–Crippen LogP) is -1.25. The summed E-state index contributed by atoms with van der Waals surface area (Å²) in [5, 5.41) is 16.7. The molecule has 9 heteroatoms. The Morgan fingerprint density at radius 1 is 0.706 bits per heavy atom. The third-order valence-electron chi connectivity index (χ3n) is 1.22. The SMILES string of the molecule is OCCOCCOCCOCCO.O[SH](=S)=S. The van der Waals surface area contributed by atoms with Gasteiger partial charge in [0, 0.05) is 8.29 Å². The molecule has 0 aliphatic carbocycles. The number of hydrogen-bond acceptors (Lipinski definition) is 7. The van der Waals surface area contributed by atoms with Crippen LogP contribution in [0.25, 0.3) is 0 Å². The maximum absolute atomic E-state index is 8.36. The average Bonchev–Trinajstić information content (AvgIpc) is 2.26. The Balaban J connectivity index is 0. The molecule has 0 aliphatic heterocycles. The van der Waals surface area contributed by atoms with Crippen molar-refractivity contribution in [2.24, 2.45) is 0 Å². The highest BCUT2D eigenvalue weighted by molar-refractivity contribution is 8.43. The van der Waals surface area contributed by atoms with Gasteiger partial charge in [-0.15, -0.1) is 0 Å². The van der Waals surface area contributed by atoms with Gasteiger partial charge in [0.15, 0.2) is 0 Å². The first-order valence-electron chi connectivity index (χ1n) is 4.93. The lowest BCUT2D eigenvalue weighted by atomic mass is 10.7. The second-order valence-electron chi connectivity index (χ2n) is 2.52. The number of aliphatic hydroxyl groups excluding tert-OH is 2. The quantitative estimate of drug-likeness (QED) is 0.294. The topological polar surface area (TPSA) is 88.4 Å². The molecule has 106 valence electrons. The molecule has 0 radical (unpaired) electrons. The molecule has 17 heavy (non-hydrogen) atoms. The summed E-state index contributed by atoms with van der Waals surface area (Å²) in [6.45, 7) is 2.76. The number of aliphatic hydroxyl groups is 2. The second-order valence-corrected chi connectivity index (χ2v) is 5.77. The van der Waals surface area contributed by atoms with E-state index in [1.165, 1.54) is 0 Å². The Hall–Kier alpha value is 0.550. The van der Waals surface area contributed by atoms with Crippen molar-refractivity contribution in [1.82, 2.24) is 0 Å². The van der Waals surface area contributed by atoms with Crippen LogP contribution in [0.1, 0.15) is 0 Å². The van der Waals surface area contributed by atoms with Crippen molar-refractivity contribution in [2.75, 3.05) is 52.9 Å². The maximum Gasteiger partial charge on any atom is 0.0701 e. The van der Waals surface area contributed by atoms with Crippen molar-refractivity contribution < 1.29 is 29.0 Å². The van der Waals surface area contributed by atoms with Crippen LogP contribution in [0.15, 0.2) is 0 Å². The molecule has 0 atom stereocenters. The van der Waals surface area contributed by atoms with Gasteiger partial charge >= 0.3 is 0 Å². The fourth-order valence-electron chi connectivity index (χ4n) is 0.671. The number of thiol groups is 1. The minimum atomic E-state index is -1.45.